The topological polar surface area (TPSA) is 66.4 Å². The Kier molecular flexibility index (Phi) is 6.79. The Bertz CT molecular complexity index is 473. The van der Waals surface area contributed by atoms with Crippen molar-refractivity contribution >= 4 is 21.4 Å². The first-order valence-electron chi connectivity index (χ1n) is 6.26. The van der Waals surface area contributed by atoms with Crippen molar-refractivity contribution in [1.82, 2.24) is 5.32 Å². The highest BCUT2D eigenvalue weighted by Crippen LogP contribution is 2.12. The van der Waals surface area contributed by atoms with Gasteiger partial charge in [-0.2, -0.15) is 0 Å². The zero-order valence-corrected chi connectivity index (χ0v) is 12.5. The molecule has 0 fully saturated rings. The fourth-order valence-electron chi connectivity index (χ4n) is 1.69. The van der Waals surface area contributed by atoms with Crippen LogP contribution in [0, 0.1) is 0 Å². The third kappa shape index (κ3) is 6.92. The SMILES string of the molecule is CCCNCC(O)CS(=O)(=O)Cc1ccc(Cl)cc1. The summed E-state index contributed by atoms with van der Waals surface area (Å²) < 4.78 is 23.8. The van der Waals surface area contributed by atoms with E-state index in [9.17, 15) is 13.5 Å². The normalized spacial score (nSPS) is 13.4. The lowest BCUT2D eigenvalue weighted by molar-refractivity contribution is 0.194. The summed E-state index contributed by atoms with van der Waals surface area (Å²) in [4.78, 5) is 0. The van der Waals surface area contributed by atoms with Crippen molar-refractivity contribution in [3.05, 3.63) is 34.9 Å². The molecule has 4 nitrogen and oxygen atoms in total. The molecule has 0 aromatic heterocycles. The molecule has 19 heavy (non-hydrogen) atoms. The van der Waals surface area contributed by atoms with E-state index in [0.717, 1.165) is 13.0 Å². The van der Waals surface area contributed by atoms with Gasteiger partial charge < -0.3 is 10.4 Å². The number of rotatable bonds is 8. The number of halogens is 1. The van der Waals surface area contributed by atoms with Crippen LogP contribution < -0.4 is 5.32 Å². The predicted octanol–water partition coefficient (Wildman–Crippen LogP) is 1.62. The second kappa shape index (κ2) is 7.85. The van der Waals surface area contributed by atoms with Crippen LogP contribution in [0.3, 0.4) is 0 Å². The Morgan fingerprint density at radius 1 is 1.32 bits per heavy atom. The van der Waals surface area contributed by atoms with E-state index in [4.69, 9.17) is 11.6 Å². The van der Waals surface area contributed by atoms with Gasteiger partial charge in [0.1, 0.15) is 0 Å². The molecule has 0 aliphatic heterocycles. The average Bonchev–Trinajstić information content (AvgIpc) is 2.31. The third-order valence-corrected chi connectivity index (χ3v) is 4.47. The van der Waals surface area contributed by atoms with Crippen molar-refractivity contribution in [2.75, 3.05) is 18.8 Å². The molecule has 0 aliphatic carbocycles. The molecular formula is C13H20ClNO3S. The van der Waals surface area contributed by atoms with Crippen LogP contribution in [0.4, 0.5) is 0 Å². The van der Waals surface area contributed by atoms with Crippen LogP contribution in [0.15, 0.2) is 24.3 Å². The monoisotopic (exact) mass is 305 g/mol. The molecule has 0 radical (unpaired) electrons. The number of aliphatic hydroxyl groups is 1. The van der Waals surface area contributed by atoms with Crippen molar-refractivity contribution in [3.8, 4) is 0 Å². The Morgan fingerprint density at radius 2 is 1.95 bits per heavy atom. The maximum absolute atomic E-state index is 11.9. The molecule has 0 amide bonds. The molecule has 0 spiro atoms. The van der Waals surface area contributed by atoms with E-state index in [1.807, 2.05) is 6.92 Å². The van der Waals surface area contributed by atoms with Gasteiger partial charge in [-0.3, -0.25) is 0 Å². The first-order valence-corrected chi connectivity index (χ1v) is 8.46. The Morgan fingerprint density at radius 3 is 2.53 bits per heavy atom. The van der Waals surface area contributed by atoms with E-state index in [0.29, 0.717) is 17.1 Å². The fourth-order valence-corrected chi connectivity index (χ4v) is 3.34. The highest BCUT2D eigenvalue weighted by molar-refractivity contribution is 7.90. The number of nitrogens with one attached hydrogen (secondary N) is 1. The largest absolute Gasteiger partial charge is 0.391 e. The van der Waals surface area contributed by atoms with Crippen molar-refractivity contribution in [1.29, 1.82) is 0 Å². The first-order chi connectivity index (χ1) is 8.93. The lowest BCUT2D eigenvalue weighted by Crippen LogP contribution is -2.33. The molecule has 0 bridgehead atoms. The summed E-state index contributed by atoms with van der Waals surface area (Å²) in [6, 6.07) is 6.68. The molecule has 0 aliphatic rings. The average molecular weight is 306 g/mol. The van der Waals surface area contributed by atoms with Crippen molar-refractivity contribution in [3.63, 3.8) is 0 Å². The molecule has 1 aromatic rings. The molecule has 108 valence electrons. The summed E-state index contributed by atoms with van der Waals surface area (Å²) in [7, 11) is -3.32. The number of sulfone groups is 1. The number of aliphatic hydroxyl groups excluding tert-OH is 1. The molecule has 1 unspecified atom stereocenters. The second-order valence-corrected chi connectivity index (χ2v) is 7.08. The van der Waals surface area contributed by atoms with Crippen LogP contribution in [0.2, 0.25) is 5.02 Å². The fraction of sp³-hybridized carbons (Fsp3) is 0.538. The summed E-state index contributed by atoms with van der Waals surface area (Å²) in [5.74, 6) is -0.304. The van der Waals surface area contributed by atoms with Crippen LogP contribution in [0.1, 0.15) is 18.9 Å². The molecule has 1 rings (SSSR count). The lowest BCUT2D eigenvalue weighted by atomic mass is 10.2. The highest BCUT2D eigenvalue weighted by Gasteiger charge is 2.17. The summed E-state index contributed by atoms with van der Waals surface area (Å²) in [6.07, 6.45) is 0.0772. The van der Waals surface area contributed by atoms with Gasteiger partial charge in [0.2, 0.25) is 0 Å². The number of hydrogen-bond donors (Lipinski definition) is 2. The van der Waals surface area contributed by atoms with Gasteiger partial charge in [0, 0.05) is 11.6 Å². The summed E-state index contributed by atoms with van der Waals surface area (Å²) in [5.41, 5.74) is 0.679. The Labute approximate surface area is 119 Å². The van der Waals surface area contributed by atoms with Crippen molar-refractivity contribution in [2.45, 2.75) is 25.2 Å². The van der Waals surface area contributed by atoms with Gasteiger partial charge in [-0.15, -0.1) is 0 Å². The van der Waals surface area contributed by atoms with Gasteiger partial charge in [0.25, 0.3) is 0 Å². The van der Waals surface area contributed by atoms with Crippen molar-refractivity contribution in [2.24, 2.45) is 0 Å². The molecular weight excluding hydrogens is 286 g/mol. The van der Waals surface area contributed by atoms with Gasteiger partial charge in [-0.05, 0) is 30.7 Å². The first kappa shape index (κ1) is 16.4. The minimum Gasteiger partial charge on any atom is -0.391 e. The van der Waals surface area contributed by atoms with E-state index < -0.39 is 15.9 Å². The van der Waals surface area contributed by atoms with Gasteiger partial charge in [0.15, 0.2) is 9.84 Å². The lowest BCUT2D eigenvalue weighted by Gasteiger charge is -2.12. The third-order valence-electron chi connectivity index (χ3n) is 2.55. The van der Waals surface area contributed by atoms with E-state index in [2.05, 4.69) is 5.32 Å². The van der Waals surface area contributed by atoms with Crippen molar-refractivity contribution < 1.29 is 13.5 Å². The quantitative estimate of drug-likeness (QED) is 0.716. The molecule has 0 saturated carbocycles. The maximum atomic E-state index is 11.9. The molecule has 0 heterocycles. The van der Waals surface area contributed by atoms with Crippen LogP contribution in [0.5, 0.6) is 0 Å². The van der Waals surface area contributed by atoms with Gasteiger partial charge in [0.05, 0.1) is 17.6 Å². The number of benzene rings is 1. The zero-order valence-electron chi connectivity index (χ0n) is 11.0. The number of hydrogen-bond acceptors (Lipinski definition) is 4. The minimum atomic E-state index is -3.32. The Hall–Kier alpha value is -0.620. The van der Waals surface area contributed by atoms with Crippen LogP contribution in [0.25, 0.3) is 0 Å². The smallest absolute Gasteiger partial charge is 0.157 e. The molecule has 1 aromatic carbocycles. The van der Waals surface area contributed by atoms with Crippen LogP contribution in [-0.2, 0) is 15.6 Å². The maximum Gasteiger partial charge on any atom is 0.157 e. The summed E-state index contributed by atoms with van der Waals surface area (Å²) in [5, 5.41) is 13.2. The van der Waals surface area contributed by atoms with Crippen LogP contribution >= 0.6 is 11.6 Å². The second-order valence-electron chi connectivity index (χ2n) is 4.54. The van der Waals surface area contributed by atoms with E-state index in [1.54, 1.807) is 24.3 Å². The summed E-state index contributed by atoms with van der Waals surface area (Å²) in [6.45, 7) is 3.08. The Balaban J connectivity index is 2.49. The summed E-state index contributed by atoms with van der Waals surface area (Å²) >= 11 is 5.74. The van der Waals surface area contributed by atoms with Gasteiger partial charge in [-0.25, -0.2) is 8.42 Å². The molecule has 0 saturated heterocycles. The van der Waals surface area contributed by atoms with Gasteiger partial charge in [-0.1, -0.05) is 30.7 Å². The highest BCUT2D eigenvalue weighted by atomic mass is 35.5. The van der Waals surface area contributed by atoms with E-state index >= 15 is 0 Å². The van der Waals surface area contributed by atoms with Crippen LogP contribution in [-0.4, -0.2) is 38.5 Å². The molecule has 6 heteroatoms. The van der Waals surface area contributed by atoms with E-state index in [1.165, 1.54) is 0 Å². The molecule has 1 atom stereocenters. The standard InChI is InChI=1S/C13H20ClNO3S/c1-2-7-15-8-13(16)10-19(17,18)9-11-3-5-12(14)6-4-11/h3-6,13,15-16H,2,7-10H2,1H3. The molecule has 2 N–H and O–H groups in total. The predicted molar refractivity (Wildman–Crippen MR) is 78.1 cm³/mol. The van der Waals surface area contributed by atoms with Gasteiger partial charge >= 0.3 is 0 Å². The minimum absolute atomic E-state index is 0.0744. The zero-order chi connectivity index (χ0) is 14.3. The van der Waals surface area contributed by atoms with E-state index in [-0.39, 0.29) is 11.5 Å².